The molecule has 1 aliphatic rings. The van der Waals surface area contributed by atoms with E-state index in [1.807, 2.05) is 0 Å². The molecule has 40 heavy (non-hydrogen) atoms. The third-order valence-corrected chi connectivity index (χ3v) is 6.14. The molecule has 0 radical (unpaired) electrons. The van der Waals surface area contributed by atoms with Gasteiger partial charge in [-0.25, -0.2) is 19.2 Å². The minimum atomic E-state index is -1.26. The van der Waals surface area contributed by atoms with Crippen molar-refractivity contribution >= 4 is 47.1 Å². The maximum atomic E-state index is 13.1. The molecule has 2 atom stereocenters. The zero-order valence-electron chi connectivity index (χ0n) is 22.3. The number of carbonyl (C=O) groups excluding carboxylic acids is 2. The van der Waals surface area contributed by atoms with Crippen molar-refractivity contribution in [1.82, 2.24) is 5.32 Å². The number of ether oxygens (including phenoxy) is 3. The summed E-state index contributed by atoms with van der Waals surface area (Å²) in [7, 11) is 1.25. The van der Waals surface area contributed by atoms with Gasteiger partial charge in [-0.3, -0.25) is 0 Å². The summed E-state index contributed by atoms with van der Waals surface area (Å²) in [6, 6.07) is 4.96. The number of aliphatic carboxylic acids is 2. The predicted octanol–water partition coefficient (Wildman–Crippen LogP) is 2.38. The Bertz CT molecular complexity index is 1190. The van der Waals surface area contributed by atoms with E-state index >= 15 is 0 Å². The van der Waals surface area contributed by atoms with Crippen LogP contribution >= 0.6 is 23.2 Å². The largest absolute Gasteiger partial charge is 0.478 e. The zero-order chi connectivity index (χ0) is 30.6. The Morgan fingerprint density at radius 2 is 1.70 bits per heavy atom. The number of hydrogen-bond donors (Lipinski definition) is 5. The molecule has 6 N–H and O–H groups in total. The molecule has 2 unspecified atom stereocenters. The van der Waals surface area contributed by atoms with Gasteiger partial charge in [0.1, 0.15) is 0 Å². The van der Waals surface area contributed by atoms with E-state index < -0.39 is 35.4 Å². The van der Waals surface area contributed by atoms with Gasteiger partial charge in [0.15, 0.2) is 0 Å². The SMILES string of the molecule is CCOC(=O)C1=C(COCC(C)(O)CN)NC(C)=C(C(=O)OC)C1c1cccc(Cl)c1Cl.O=C(O)/C=C/C(=O)O. The van der Waals surface area contributed by atoms with Crippen LogP contribution in [0.15, 0.2) is 52.9 Å². The highest BCUT2D eigenvalue weighted by atomic mass is 35.5. The van der Waals surface area contributed by atoms with Crippen LogP contribution in [0.25, 0.3) is 0 Å². The summed E-state index contributed by atoms with van der Waals surface area (Å²) < 4.78 is 15.9. The Kier molecular flexibility index (Phi) is 13.8. The van der Waals surface area contributed by atoms with E-state index in [1.165, 1.54) is 14.0 Å². The Balaban J connectivity index is 0.000000869. The van der Waals surface area contributed by atoms with Gasteiger partial charge in [0.25, 0.3) is 0 Å². The Morgan fingerprint density at radius 3 is 2.20 bits per heavy atom. The molecule has 0 aliphatic carbocycles. The normalized spacial score (nSPS) is 16.4. The van der Waals surface area contributed by atoms with Gasteiger partial charge in [0.05, 0.1) is 65.3 Å². The fourth-order valence-corrected chi connectivity index (χ4v) is 3.89. The second kappa shape index (κ2) is 16.0. The van der Waals surface area contributed by atoms with Gasteiger partial charge in [-0.2, -0.15) is 0 Å². The molecule has 0 saturated heterocycles. The predicted molar refractivity (Wildman–Crippen MR) is 146 cm³/mol. The van der Waals surface area contributed by atoms with Crippen molar-refractivity contribution in [3.8, 4) is 0 Å². The second-order valence-electron chi connectivity index (χ2n) is 8.55. The van der Waals surface area contributed by atoms with Crippen molar-refractivity contribution in [3.63, 3.8) is 0 Å². The van der Waals surface area contributed by atoms with E-state index in [0.29, 0.717) is 29.1 Å². The van der Waals surface area contributed by atoms with Crippen LogP contribution < -0.4 is 11.1 Å². The standard InChI is InChI=1S/C22H28Cl2N2O6.C4H4O4/c1-5-32-21(28)18-15(9-31-11-22(3,29)10-25)26-12(2)16(20(27)30-4)17(18)13-7-6-8-14(23)19(13)24;5-3(6)1-2-4(7)8/h6-8,17,26,29H,5,9-11,25H2,1-4H3;1-2H,(H,5,6)(H,7,8)/b;2-1+. The van der Waals surface area contributed by atoms with E-state index in [-0.39, 0.29) is 47.6 Å². The Labute approximate surface area is 241 Å². The first kappa shape index (κ1) is 34.6. The molecule has 12 nitrogen and oxygen atoms in total. The van der Waals surface area contributed by atoms with Crippen molar-refractivity contribution in [2.75, 3.05) is 33.5 Å². The first-order valence-electron chi connectivity index (χ1n) is 11.7. The minimum Gasteiger partial charge on any atom is -0.478 e. The van der Waals surface area contributed by atoms with Gasteiger partial charge >= 0.3 is 23.9 Å². The molecular weight excluding hydrogens is 571 g/mol. The zero-order valence-corrected chi connectivity index (χ0v) is 23.8. The van der Waals surface area contributed by atoms with Gasteiger partial charge in [-0.05, 0) is 32.4 Å². The number of hydrogen-bond acceptors (Lipinski definition) is 10. The number of aliphatic hydroxyl groups is 1. The fourth-order valence-electron chi connectivity index (χ4n) is 3.47. The van der Waals surface area contributed by atoms with E-state index in [2.05, 4.69) is 5.32 Å². The molecule has 2 rings (SSSR count). The number of dihydropyridines is 1. The first-order valence-corrected chi connectivity index (χ1v) is 12.5. The van der Waals surface area contributed by atoms with Crippen LogP contribution in [0.2, 0.25) is 10.0 Å². The molecule has 1 aliphatic heterocycles. The molecule has 0 saturated carbocycles. The lowest BCUT2D eigenvalue weighted by molar-refractivity contribution is -0.139. The van der Waals surface area contributed by atoms with E-state index in [1.54, 1.807) is 32.0 Å². The van der Waals surface area contributed by atoms with E-state index in [0.717, 1.165) is 0 Å². The summed E-state index contributed by atoms with van der Waals surface area (Å²) in [6.07, 6.45) is 1.12. The number of rotatable bonds is 11. The van der Waals surface area contributed by atoms with Gasteiger partial charge in [0, 0.05) is 24.4 Å². The van der Waals surface area contributed by atoms with Crippen molar-refractivity contribution in [3.05, 3.63) is 68.5 Å². The molecule has 1 heterocycles. The molecule has 220 valence electrons. The number of nitrogens with two attached hydrogens (primary N) is 1. The number of halogens is 2. The molecule has 1 aromatic carbocycles. The molecule has 0 fully saturated rings. The Morgan fingerprint density at radius 1 is 1.10 bits per heavy atom. The van der Waals surface area contributed by atoms with Crippen LogP contribution in [0.3, 0.4) is 0 Å². The molecule has 0 spiro atoms. The van der Waals surface area contributed by atoms with Gasteiger partial charge in [-0.15, -0.1) is 0 Å². The summed E-state index contributed by atoms with van der Waals surface area (Å²) in [5, 5.41) is 29.3. The van der Waals surface area contributed by atoms with Crippen LogP contribution in [0, 0.1) is 0 Å². The number of methoxy groups -OCH3 is 1. The van der Waals surface area contributed by atoms with Gasteiger partial charge in [0.2, 0.25) is 0 Å². The van der Waals surface area contributed by atoms with Crippen LogP contribution in [0.1, 0.15) is 32.3 Å². The van der Waals surface area contributed by atoms with Gasteiger partial charge in [-0.1, -0.05) is 35.3 Å². The number of allylic oxidation sites excluding steroid dienone is 1. The van der Waals surface area contributed by atoms with Crippen LogP contribution in [-0.2, 0) is 33.4 Å². The number of carbonyl (C=O) groups is 4. The average Bonchev–Trinajstić information content (AvgIpc) is 2.88. The quantitative estimate of drug-likeness (QED) is 0.183. The fraction of sp³-hybridized carbons (Fsp3) is 0.385. The molecule has 1 aromatic rings. The summed E-state index contributed by atoms with van der Waals surface area (Å²) >= 11 is 12.7. The van der Waals surface area contributed by atoms with E-state index in [4.69, 9.17) is 53.4 Å². The van der Waals surface area contributed by atoms with Crippen molar-refractivity contribution in [1.29, 1.82) is 0 Å². The van der Waals surface area contributed by atoms with Crippen LogP contribution in [0.5, 0.6) is 0 Å². The number of nitrogens with one attached hydrogen (secondary N) is 1. The highest BCUT2D eigenvalue weighted by molar-refractivity contribution is 6.42. The lowest BCUT2D eigenvalue weighted by atomic mass is 9.80. The third-order valence-electron chi connectivity index (χ3n) is 5.31. The first-order chi connectivity index (χ1) is 18.7. The minimum absolute atomic E-state index is 0.00359. The number of benzene rings is 1. The second-order valence-corrected chi connectivity index (χ2v) is 9.33. The van der Waals surface area contributed by atoms with Gasteiger partial charge < -0.3 is 40.6 Å². The molecule has 0 amide bonds. The molecular formula is C26H32Cl2N2O10. The van der Waals surface area contributed by atoms with Crippen LogP contribution in [0.4, 0.5) is 0 Å². The summed E-state index contributed by atoms with van der Waals surface area (Å²) in [5.41, 5.74) is 5.88. The molecule has 14 heteroatoms. The maximum Gasteiger partial charge on any atom is 0.336 e. The van der Waals surface area contributed by atoms with Crippen molar-refractivity contribution < 1.29 is 48.7 Å². The van der Waals surface area contributed by atoms with Crippen molar-refractivity contribution in [2.45, 2.75) is 32.3 Å². The topological polar surface area (TPSA) is 195 Å². The summed E-state index contributed by atoms with van der Waals surface area (Å²) in [5.74, 6) is -4.72. The monoisotopic (exact) mass is 602 g/mol. The summed E-state index contributed by atoms with van der Waals surface area (Å²) in [4.78, 5) is 44.9. The highest BCUT2D eigenvalue weighted by Gasteiger charge is 2.40. The third kappa shape index (κ3) is 9.96. The average molecular weight is 603 g/mol. The number of esters is 2. The highest BCUT2D eigenvalue weighted by Crippen LogP contribution is 2.43. The lowest BCUT2D eigenvalue weighted by Gasteiger charge is -2.32. The lowest BCUT2D eigenvalue weighted by Crippen LogP contribution is -2.40. The van der Waals surface area contributed by atoms with Crippen molar-refractivity contribution in [2.24, 2.45) is 5.73 Å². The Hall–Kier alpha value is -3.42. The molecule has 0 bridgehead atoms. The summed E-state index contributed by atoms with van der Waals surface area (Å²) in [6.45, 7) is 4.85. The van der Waals surface area contributed by atoms with E-state index in [9.17, 15) is 24.3 Å². The van der Waals surface area contributed by atoms with Crippen LogP contribution in [-0.4, -0.2) is 78.3 Å². The molecule has 0 aromatic heterocycles. The number of carboxylic acids is 2. The maximum absolute atomic E-state index is 13.1. The smallest absolute Gasteiger partial charge is 0.336 e. The number of carboxylic acid groups (broad SMARTS) is 2.